The number of benzene rings is 1. The third kappa shape index (κ3) is 1.58. The molecule has 0 aliphatic carbocycles. The van der Waals surface area contributed by atoms with E-state index in [0.717, 1.165) is 19.0 Å². The van der Waals surface area contributed by atoms with Gasteiger partial charge in [-0.25, -0.2) is 0 Å². The average Bonchev–Trinajstić information content (AvgIpc) is 2.67. The maximum absolute atomic E-state index is 4.46. The van der Waals surface area contributed by atoms with Crippen molar-refractivity contribution in [2.45, 2.75) is 0 Å². The lowest BCUT2D eigenvalue weighted by molar-refractivity contribution is 0.612. The molecular formula is C11H15N3. The number of nitrogens with zero attached hydrogens (tertiary/aromatic N) is 3. The van der Waals surface area contributed by atoms with Crippen molar-refractivity contribution in [2.75, 3.05) is 32.1 Å². The number of rotatable bonds is 1. The quantitative estimate of drug-likeness (QED) is 0.665. The summed E-state index contributed by atoms with van der Waals surface area (Å²) in [6.45, 7) is 1.87. The Morgan fingerprint density at radius 3 is 2.57 bits per heavy atom. The minimum atomic E-state index is 0.891. The minimum Gasteiger partial charge on any atom is -0.349 e. The highest BCUT2D eigenvalue weighted by Crippen LogP contribution is 2.17. The molecule has 14 heavy (non-hydrogen) atoms. The maximum Gasteiger partial charge on any atom is 0.200 e. The van der Waals surface area contributed by atoms with Crippen LogP contribution in [0.25, 0.3) is 0 Å². The van der Waals surface area contributed by atoms with Crippen molar-refractivity contribution in [2.24, 2.45) is 4.99 Å². The number of hydrogen-bond acceptors (Lipinski definition) is 3. The van der Waals surface area contributed by atoms with E-state index >= 15 is 0 Å². The zero-order chi connectivity index (χ0) is 9.97. The van der Waals surface area contributed by atoms with E-state index < -0.39 is 0 Å². The van der Waals surface area contributed by atoms with Crippen LogP contribution in [0.5, 0.6) is 0 Å². The number of guanidine groups is 1. The van der Waals surface area contributed by atoms with Crippen LogP contribution in [0.2, 0.25) is 0 Å². The third-order valence-electron chi connectivity index (χ3n) is 2.29. The van der Waals surface area contributed by atoms with Crippen LogP contribution >= 0.6 is 0 Å². The molecule has 3 heteroatoms. The van der Waals surface area contributed by atoms with Gasteiger partial charge in [0, 0.05) is 26.3 Å². The molecule has 0 saturated carbocycles. The second-order valence-electron chi connectivity index (χ2n) is 3.56. The van der Waals surface area contributed by atoms with E-state index in [2.05, 4.69) is 39.1 Å². The van der Waals surface area contributed by atoms with E-state index in [4.69, 9.17) is 0 Å². The fourth-order valence-corrected chi connectivity index (χ4v) is 1.67. The molecule has 74 valence electrons. The van der Waals surface area contributed by atoms with Crippen LogP contribution < -0.4 is 4.90 Å². The lowest BCUT2D eigenvalue weighted by Crippen LogP contribution is -2.37. The van der Waals surface area contributed by atoms with Crippen LogP contribution in [0, 0.1) is 0 Å². The summed E-state index contributed by atoms with van der Waals surface area (Å²) in [5.41, 5.74) is 1.22. The molecule has 1 aromatic carbocycles. The average molecular weight is 189 g/mol. The molecule has 1 heterocycles. The van der Waals surface area contributed by atoms with Gasteiger partial charge in [-0.15, -0.1) is 0 Å². The van der Waals surface area contributed by atoms with Crippen molar-refractivity contribution < 1.29 is 0 Å². The van der Waals surface area contributed by atoms with Gasteiger partial charge in [-0.1, -0.05) is 18.2 Å². The summed E-state index contributed by atoms with van der Waals surface area (Å²) in [5.74, 6) is 1.05. The smallest absolute Gasteiger partial charge is 0.200 e. The molecule has 0 fully saturated rings. The van der Waals surface area contributed by atoms with Gasteiger partial charge in [0.15, 0.2) is 0 Å². The van der Waals surface area contributed by atoms with Gasteiger partial charge in [-0.2, -0.15) is 0 Å². The number of hydrogen-bond donors (Lipinski definition) is 0. The van der Waals surface area contributed by atoms with E-state index in [1.165, 1.54) is 5.69 Å². The van der Waals surface area contributed by atoms with Crippen molar-refractivity contribution in [3.8, 4) is 0 Å². The molecule has 0 aromatic heterocycles. The Bertz CT molecular complexity index is 330. The second kappa shape index (κ2) is 3.70. The van der Waals surface area contributed by atoms with Gasteiger partial charge in [0.05, 0.1) is 6.54 Å². The van der Waals surface area contributed by atoms with Gasteiger partial charge in [0.2, 0.25) is 5.96 Å². The molecular weight excluding hydrogens is 174 g/mol. The van der Waals surface area contributed by atoms with Gasteiger partial charge < -0.3 is 9.80 Å². The Balaban J connectivity index is 2.24. The zero-order valence-electron chi connectivity index (χ0n) is 8.64. The highest BCUT2D eigenvalue weighted by molar-refractivity contribution is 5.97. The van der Waals surface area contributed by atoms with Crippen molar-refractivity contribution >= 4 is 11.6 Å². The van der Waals surface area contributed by atoms with E-state index in [-0.39, 0.29) is 0 Å². The minimum absolute atomic E-state index is 0.891. The predicted octanol–water partition coefficient (Wildman–Crippen LogP) is 1.42. The van der Waals surface area contributed by atoms with Gasteiger partial charge in [-0.05, 0) is 12.1 Å². The van der Waals surface area contributed by atoms with Crippen LogP contribution in [0.15, 0.2) is 35.3 Å². The zero-order valence-corrected chi connectivity index (χ0v) is 8.64. The lowest BCUT2D eigenvalue weighted by atomic mass is 10.3. The first kappa shape index (κ1) is 9.06. The molecule has 0 bridgehead atoms. The van der Waals surface area contributed by atoms with Crippen LogP contribution in [-0.2, 0) is 0 Å². The van der Waals surface area contributed by atoms with E-state index in [1.807, 2.05) is 20.2 Å². The highest BCUT2D eigenvalue weighted by atomic mass is 15.4. The molecule has 1 aliphatic rings. The van der Waals surface area contributed by atoms with Crippen LogP contribution in [0.3, 0.4) is 0 Å². The molecule has 0 amide bonds. The molecule has 3 nitrogen and oxygen atoms in total. The van der Waals surface area contributed by atoms with Crippen molar-refractivity contribution in [3.63, 3.8) is 0 Å². The monoisotopic (exact) mass is 189 g/mol. The van der Waals surface area contributed by atoms with Gasteiger partial charge >= 0.3 is 0 Å². The summed E-state index contributed by atoms with van der Waals surface area (Å²) in [4.78, 5) is 8.75. The Kier molecular flexibility index (Phi) is 2.39. The van der Waals surface area contributed by atoms with Crippen LogP contribution in [0.4, 0.5) is 5.69 Å². The van der Waals surface area contributed by atoms with E-state index in [0.29, 0.717) is 0 Å². The normalized spacial score (nSPS) is 15.6. The molecule has 1 aromatic rings. The molecule has 0 saturated heterocycles. The van der Waals surface area contributed by atoms with Crippen molar-refractivity contribution in [1.82, 2.24) is 4.90 Å². The van der Waals surface area contributed by atoms with Gasteiger partial charge in [-0.3, -0.25) is 4.99 Å². The van der Waals surface area contributed by atoms with Crippen molar-refractivity contribution in [1.29, 1.82) is 0 Å². The SMILES string of the molecule is CN(C)C1=NCCN1c1ccccc1. The van der Waals surface area contributed by atoms with E-state index in [9.17, 15) is 0 Å². The predicted molar refractivity (Wildman–Crippen MR) is 59.8 cm³/mol. The Morgan fingerprint density at radius 1 is 1.21 bits per heavy atom. The Labute approximate surface area is 84.7 Å². The third-order valence-corrected chi connectivity index (χ3v) is 2.29. The van der Waals surface area contributed by atoms with Crippen LogP contribution in [0.1, 0.15) is 0 Å². The maximum atomic E-state index is 4.46. The molecule has 0 atom stereocenters. The van der Waals surface area contributed by atoms with Gasteiger partial charge in [0.1, 0.15) is 0 Å². The summed E-state index contributed by atoms with van der Waals surface area (Å²) in [6, 6.07) is 10.4. The largest absolute Gasteiger partial charge is 0.349 e. The Hall–Kier alpha value is -1.51. The first-order chi connectivity index (χ1) is 6.79. The molecule has 0 spiro atoms. The first-order valence-corrected chi connectivity index (χ1v) is 4.83. The molecule has 0 unspecified atom stereocenters. The number of anilines is 1. The molecule has 1 aliphatic heterocycles. The lowest BCUT2D eigenvalue weighted by Gasteiger charge is -2.24. The second-order valence-corrected chi connectivity index (χ2v) is 3.56. The standard InChI is InChI=1S/C11H15N3/c1-13(2)11-12-8-9-14(11)10-6-4-3-5-7-10/h3-7H,8-9H2,1-2H3. The number of aliphatic imine (C=N–C) groups is 1. The molecule has 0 radical (unpaired) electrons. The fraction of sp³-hybridized carbons (Fsp3) is 0.364. The van der Waals surface area contributed by atoms with Crippen molar-refractivity contribution in [3.05, 3.63) is 30.3 Å². The van der Waals surface area contributed by atoms with Crippen LogP contribution in [-0.4, -0.2) is 38.0 Å². The summed E-state index contributed by atoms with van der Waals surface area (Å²) < 4.78 is 0. The highest BCUT2D eigenvalue weighted by Gasteiger charge is 2.19. The topological polar surface area (TPSA) is 18.8 Å². The summed E-state index contributed by atoms with van der Waals surface area (Å²) >= 11 is 0. The first-order valence-electron chi connectivity index (χ1n) is 4.83. The fourth-order valence-electron chi connectivity index (χ4n) is 1.67. The summed E-state index contributed by atoms with van der Waals surface area (Å²) in [5, 5.41) is 0. The Morgan fingerprint density at radius 2 is 1.93 bits per heavy atom. The molecule has 0 N–H and O–H groups in total. The molecule has 2 rings (SSSR count). The summed E-state index contributed by atoms with van der Waals surface area (Å²) in [6.07, 6.45) is 0. The summed E-state index contributed by atoms with van der Waals surface area (Å²) in [7, 11) is 4.06. The van der Waals surface area contributed by atoms with Gasteiger partial charge in [0.25, 0.3) is 0 Å². The number of para-hydroxylation sites is 1. The van der Waals surface area contributed by atoms with E-state index in [1.54, 1.807) is 0 Å².